The van der Waals surface area contributed by atoms with Crippen molar-refractivity contribution in [3.05, 3.63) is 83.6 Å². The first-order valence-electron chi connectivity index (χ1n) is 18.5. The first kappa shape index (κ1) is 31.9. The molecule has 2 aliphatic carbocycles. The normalized spacial score (nSPS) is 18.5. The van der Waals surface area contributed by atoms with Gasteiger partial charge in [0.1, 0.15) is 17.2 Å². The number of likely N-dealkylation sites (tertiary alicyclic amines) is 1. The number of unbranched alkanes of at least 4 members (excludes halogenated alkanes) is 1. The van der Waals surface area contributed by atoms with Crippen LogP contribution in [-0.4, -0.2) is 43.1 Å². The van der Waals surface area contributed by atoms with Gasteiger partial charge in [-0.25, -0.2) is 14.8 Å². The smallest absolute Gasteiger partial charge is 0.410 e. The molecule has 2 fully saturated rings. The molecule has 2 aromatic heterocycles. The topological polar surface area (TPSA) is 86.9 Å². The summed E-state index contributed by atoms with van der Waals surface area (Å²) in [5.74, 6) is 1.92. The summed E-state index contributed by atoms with van der Waals surface area (Å²) in [5.41, 5.74) is 12.3. The summed E-state index contributed by atoms with van der Waals surface area (Å²) in [6, 6.07) is 20.4. The van der Waals surface area contributed by atoms with Gasteiger partial charge in [-0.15, -0.1) is 0 Å². The van der Waals surface area contributed by atoms with Crippen molar-refractivity contribution >= 4 is 17.1 Å². The quantitative estimate of drug-likeness (QED) is 0.183. The third-order valence-electron chi connectivity index (χ3n) is 11.2. The lowest BCUT2D eigenvalue weighted by Gasteiger charge is -2.28. The molecule has 49 heavy (non-hydrogen) atoms. The van der Waals surface area contributed by atoms with Gasteiger partial charge in [0.2, 0.25) is 0 Å². The van der Waals surface area contributed by atoms with Crippen molar-refractivity contribution in [2.45, 2.75) is 115 Å². The van der Waals surface area contributed by atoms with Crippen molar-refractivity contribution in [1.82, 2.24) is 24.8 Å². The lowest BCUT2D eigenvalue weighted by molar-refractivity contribution is 0.0219. The molecule has 1 atom stereocenters. The van der Waals surface area contributed by atoms with Crippen LogP contribution in [0, 0.1) is 0 Å². The molecule has 1 unspecified atom stereocenters. The summed E-state index contributed by atoms with van der Waals surface area (Å²) in [6.07, 6.45) is 14.4. The van der Waals surface area contributed by atoms with Crippen molar-refractivity contribution in [2.24, 2.45) is 0 Å². The first-order chi connectivity index (χ1) is 23.7. The second-order valence-electron chi connectivity index (χ2n) is 15.6. The van der Waals surface area contributed by atoms with E-state index < -0.39 is 5.60 Å². The minimum absolute atomic E-state index is 0.0979. The predicted molar refractivity (Wildman–Crippen MR) is 197 cm³/mol. The Balaban J connectivity index is 1.12. The van der Waals surface area contributed by atoms with E-state index in [9.17, 15) is 4.79 Å². The number of aromatic nitrogens is 4. The second kappa shape index (κ2) is 12.5. The Morgan fingerprint density at radius 3 is 2.47 bits per heavy atom. The van der Waals surface area contributed by atoms with Crippen LogP contribution in [0.5, 0.6) is 0 Å². The van der Waals surface area contributed by atoms with Gasteiger partial charge in [0.25, 0.3) is 0 Å². The molecule has 1 saturated heterocycles. The maximum absolute atomic E-state index is 13.0. The van der Waals surface area contributed by atoms with Gasteiger partial charge in [0.15, 0.2) is 0 Å². The molecule has 1 spiro atoms. The Morgan fingerprint density at radius 2 is 1.69 bits per heavy atom. The monoisotopic (exact) mass is 655 g/mol. The summed E-state index contributed by atoms with van der Waals surface area (Å²) < 4.78 is 5.73. The standard InChI is InChI=1S/C42H49N5O2/c1-5-6-11-37-43-26-35(44-37)28-14-12-27(13-15-28)31-18-17-30(32-20-23-42(38(31)32)21-7-8-22-42)29-16-19-33-34(25-29)46-39(45-33)36-10-9-24-47(36)40(48)49-41(2,3)4/h12-19,25-26,36H,5-11,20-24H2,1-4H3,(H,43,44)(H,45,46). The maximum Gasteiger partial charge on any atom is 0.410 e. The highest BCUT2D eigenvalue weighted by Gasteiger charge is 2.43. The number of carbonyl (C=O) groups excluding carboxylic acids is 1. The average Bonchev–Trinajstić information content (AvgIpc) is 3.94. The number of H-pyrrole nitrogens is 2. The fraction of sp³-hybridized carbons (Fsp3) is 0.452. The molecule has 8 rings (SSSR count). The molecule has 0 bridgehead atoms. The van der Waals surface area contributed by atoms with Gasteiger partial charge in [-0.1, -0.05) is 68.7 Å². The Bertz CT molecular complexity index is 1990. The molecule has 3 aliphatic rings. The number of aryl methyl sites for hydroxylation is 1. The zero-order valence-electron chi connectivity index (χ0n) is 29.5. The van der Waals surface area contributed by atoms with Crippen LogP contribution in [0.25, 0.3) is 44.5 Å². The Labute approximate surface area is 289 Å². The van der Waals surface area contributed by atoms with Crippen LogP contribution >= 0.6 is 0 Å². The van der Waals surface area contributed by atoms with Gasteiger partial charge < -0.3 is 14.7 Å². The van der Waals surface area contributed by atoms with E-state index in [2.05, 4.69) is 76.5 Å². The highest BCUT2D eigenvalue weighted by molar-refractivity contribution is 5.86. The van der Waals surface area contributed by atoms with E-state index >= 15 is 0 Å². The number of benzene rings is 3. The maximum atomic E-state index is 13.0. The van der Waals surface area contributed by atoms with Crippen LogP contribution in [0.1, 0.15) is 114 Å². The lowest BCUT2D eigenvalue weighted by Crippen LogP contribution is -2.36. The Hall–Kier alpha value is -4.39. The van der Waals surface area contributed by atoms with E-state index in [1.807, 2.05) is 31.9 Å². The highest BCUT2D eigenvalue weighted by atomic mass is 16.6. The van der Waals surface area contributed by atoms with Gasteiger partial charge in [-0.2, -0.15) is 0 Å². The molecule has 7 nitrogen and oxygen atoms in total. The third kappa shape index (κ3) is 5.95. The molecular weight excluding hydrogens is 606 g/mol. The molecule has 1 saturated carbocycles. The van der Waals surface area contributed by atoms with Crippen molar-refractivity contribution in [1.29, 1.82) is 0 Å². The third-order valence-corrected chi connectivity index (χ3v) is 11.2. The zero-order chi connectivity index (χ0) is 33.8. The molecule has 254 valence electrons. The average molecular weight is 656 g/mol. The number of aromatic amines is 2. The summed E-state index contributed by atoms with van der Waals surface area (Å²) in [7, 11) is 0. The van der Waals surface area contributed by atoms with Crippen LogP contribution < -0.4 is 0 Å². The Kier molecular flexibility index (Phi) is 8.12. The van der Waals surface area contributed by atoms with Gasteiger partial charge in [-0.05, 0) is 122 Å². The van der Waals surface area contributed by atoms with E-state index in [0.717, 1.165) is 60.5 Å². The molecule has 1 aliphatic heterocycles. The number of rotatable bonds is 7. The van der Waals surface area contributed by atoms with Crippen molar-refractivity contribution in [3.63, 3.8) is 0 Å². The Morgan fingerprint density at radius 1 is 0.939 bits per heavy atom. The number of amides is 1. The van der Waals surface area contributed by atoms with Crippen molar-refractivity contribution in [2.75, 3.05) is 6.54 Å². The minimum atomic E-state index is -0.526. The lowest BCUT2D eigenvalue weighted by atomic mass is 9.76. The second-order valence-corrected chi connectivity index (χ2v) is 15.6. The molecule has 3 aromatic carbocycles. The summed E-state index contributed by atoms with van der Waals surface area (Å²) in [4.78, 5) is 31.6. The first-order valence-corrected chi connectivity index (χ1v) is 18.5. The number of hydrogen-bond donors (Lipinski definition) is 2. The minimum Gasteiger partial charge on any atom is -0.444 e. The van der Waals surface area contributed by atoms with Crippen LogP contribution in [0.2, 0.25) is 0 Å². The number of imidazole rings is 2. The number of fused-ring (bicyclic) bond motifs is 3. The van der Waals surface area contributed by atoms with E-state index in [1.165, 1.54) is 71.9 Å². The fourth-order valence-corrected chi connectivity index (χ4v) is 8.82. The van der Waals surface area contributed by atoms with Gasteiger partial charge >= 0.3 is 6.09 Å². The number of hydrogen-bond acceptors (Lipinski definition) is 4. The number of nitrogens with zero attached hydrogens (tertiary/aromatic N) is 3. The van der Waals surface area contributed by atoms with E-state index in [1.54, 1.807) is 5.56 Å². The van der Waals surface area contributed by atoms with Crippen molar-refractivity contribution in [3.8, 4) is 33.5 Å². The van der Waals surface area contributed by atoms with E-state index in [-0.39, 0.29) is 17.6 Å². The largest absolute Gasteiger partial charge is 0.444 e. The van der Waals surface area contributed by atoms with Crippen LogP contribution in [0.15, 0.2) is 60.8 Å². The zero-order valence-corrected chi connectivity index (χ0v) is 29.5. The van der Waals surface area contributed by atoms with Crippen LogP contribution in [0.3, 0.4) is 0 Å². The van der Waals surface area contributed by atoms with Gasteiger partial charge in [-0.3, -0.25) is 4.90 Å². The predicted octanol–water partition coefficient (Wildman–Crippen LogP) is 10.5. The highest BCUT2D eigenvalue weighted by Crippen LogP contribution is 2.55. The fourth-order valence-electron chi connectivity index (χ4n) is 8.82. The SMILES string of the molecule is CCCCc1ncc(-c2ccc(-c3ccc(-c4ccc5nc(C6CCCN6C(=O)OC(C)(C)C)[nH]c5c4)c4c3C3(CCCC3)CC4)cc2)[nH]1. The molecule has 7 heteroatoms. The number of carbonyl (C=O) groups is 1. The summed E-state index contributed by atoms with van der Waals surface area (Å²) >= 11 is 0. The summed E-state index contributed by atoms with van der Waals surface area (Å²) in [5, 5.41) is 0. The molecule has 2 N–H and O–H groups in total. The molecule has 5 aromatic rings. The van der Waals surface area contributed by atoms with Gasteiger partial charge in [0, 0.05) is 13.0 Å². The molecule has 0 radical (unpaired) electrons. The molecular formula is C42H49N5O2. The number of ether oxygens (including phenoxy) is 1. The molecule has 3 heterocycles. The van der Waals surface area contributed by atoms with Crippen LogP contribution in [-0.2, 0) is 23.0 Å². The van der Waals surface area contributed by atoms with Gasteiger partial charge in [0.05, 0.1) is 29.0 Å². The van der Waals surface area contributed by atoms with Crippen LogP contribution in [0.4, 0.5) is 4.79 Å². The van der Waals surface area contributed by atoms with Crippen molar-refractivity contribution < 1.29 is 9.53 Å². The van der Waals surface area contributed by atoms with E-state index in [0.29, 0.717) is 6.54 Å². The molecule has 1 amide bonds. The van der Waals surface area contributed by atoms with E-state index in [4.69, 9.17) is 9.72 Å². The number of nitrogens with one attached hydrogen (secondary N) is 2. The summed E-state index contributed by atoms with van der Waals surface area (Å²) in [6.45, 7) is 8.65.